The van der Waals surface area contributed by atoms with Gasteiger partial charge in [0.15, 0.2) is 0 Å². The van der Waals surface area contributed by atoms with Crippen molar-refractivity contribution in [1.82, 2.24) is 10.8 Å². The van der Waals surface area contributed by atoms with E-state index in [1.54, 1.807) is 7.11 Å². The van der Waals surface area contributed by atoms with Crippen LogP contribution in [0.4, 0.5) is 0 Å². The fourth-order valence-corrected chi connectivity index (χ4v) is 4.62. The second kappa shape index (κ2) is 17.4. The van der Waals surface area contributed by atoms with E-state index in [0.29, 0.717) is 32.0 Å². The molecule has 2 amide bonds. The molecule has 8 nitrogen and oxygen atoms in total. The van der Waals surface area contributed by atoms with Crippen molar-refractivity contribution in [1.29, 1.82) is 0 Å². The molecule has 0 aromatic heterocycles. The highest BCUT2D eigenvalue weighted by molar-refractivity contribution is 5.79. The third-order valence-corrected chi connectivity index (χ3v) is 6.81. The number of benzene rings is 1. The Morgan fingerprint density at radius 2 is 1.80 bits per heavy atom. The van der Waals surface area contributed by atoms with Gasteiger partial charge >= 0.3 is 0 Å². The van der Waals surface area contributed by atoms with Gasteiger partial charge in [-0.05, 0) is 62.8 Å². The van der Waals surface area contributed by atoms with Crippen LogP contribution in [0.15, 0.2) is 30.3 Å². The molecular formula is C27H44N2O6. The van der Waals surface area contributed by atoms with Crippen molar-refractivity contribution in [2.45, 2.75) is 70.8 Å². The van der Waals surface area contributed by atoms with E-state index < -0.39 is 11.8 Å². The number of carbonyl (C=O) groups excluding carboxylic acids is 2. The SMILES string of the molecule is COCCOCOCC(CC(CCCCc1ccccc1)C(=O)NO)NC(=O)C1CCC(C)CC1. The van der Waals surface area contributed by atoms with E-state index in [4.69, 9.17) is 14.2 Å². The number of unbranched alkanes of at least 4 members (excludes halogenated alkanes) is 1. The summed E-state index contributed by atoms with van der Waals surface area (Å²) in [6.45, 7) is 3.45. The molecule has 0 aliphatic heterocycles. The summed E-state index contributed by atoms with van der Waals surface area (Å²) in [5.74, 6) is -0.158. The van der Waals surface area contributed by atoms with Crippen molar-refractivity contribution in [3.63, 3.8) is 0 Å². The molecular weight excluding hydrogens is 448 g/mol. The first-order chi connectivity index (χ1) is 17.0. The highest BCUT2D eigenvalue weighted by Crippen LogP contribution is 2.28. The molecule has 1 saturated carbocycles. The molecule has 1 aliphatic carbocycles. The van der Waals surface area contributed by atoms with Crippen LogP contribution < -0.4 is 10.8 Å². The number of ether oxygens (including phenoxy) is 3. The van der Waals surface area contributed by atoms with E-state index >= 15 is 0 Å². The molecule has 2 unspecified atom stereocenters. The molecule has 8 heteroatoms. The van der Waals surface area contributed by atoms with Crippen LogP contribution in [0, 0.1) is 17.8 Å². The number of hydrogen-bond acceptors (Lipinski definition) is 6. The Balaban J connectivity index is 1.90. The quantitative estimate of drug-likeness (QED) is 0.132. The van der Waals surface area contributed by atoms with Gasteiger partial charge in [0, 0.05) is 18.9 Å². The standard InChI is InChI=1S/C27H44N2O6/c1-21-12-14-23(15-13-21)26(30)28-25(19-35-20-34-17-16-33-2)18-24(27(31)29-32)11-7-6-10-22-8-4-3-5-9-22/h3-5,8-9,21,23-25,32H,6-7,10-20H2,1-2H3,(H,28,30)(H,29,31). The first kappa shape index (κ1) is 29.2. The summed E-state index contributed by atoms with van der Waals surface area (Å²) in [6, 6.07) is 9.90. The molecule has 0 heterocycles. The molecule has 198 valence electrons. The van der Waals surface area contributed by atoms with Crippen molar-refractivity contribution in [3.8, 4) is 0 Å². The molecule has 1 aromatic rings. The minimum atomic E-state index is -0.425. The summed E-state index contributed by atoms with van der Waals surface area (Å²) in [4.78, 5) is 25.4. The number of rotatable bonds is 17. The molecule has 0 saturated heterocycles. The third-order valence-electron chi connectivity index (χ3n) is 6.81. The van der Waals surface area contributed by atoms with E-state index in [-0.39, 0.29) is 31.3 Å². The number of aryl methyl sites for hydroxylation is 1. The molecule has 35 heavy (non-hydrogen) atoms. The maximum Gasteiger partial charge on any atom is 0.246 e. The summed E-state index contributed by atoms with van der Waals surface area (Å²) in [6.07, 6.45) is 7.64. The molecule has 0 radical (unpaired) electrons. The zero-order valence-corrected chi connectivity index (χ0v) is 21.4. The van der Waals surface area contributed by atoms with Crippen LogP contribution in [-0.4, -0.2) is 56.8 Å². The summed E-state index contributed by atoms with van der Waals surface area (Å²) >= 11 is 0. The van der Waals surface area contributed by atoms with Crippen LogP contribution in [-0.2, 0) is 30.2 Å². The lowest BCUT2D eigenvalue weighted by Crippen LogP contribution is -2.45. The molecule has 3 N–H and O–H groups in total. The van der Waals surface area contributed by atoms with Gasteiger partial charge in [-0.2, -0.15) is 0 Å². The number of hydrogen-bond donors (Lipinski definition) is 3. The molecule has 2 atom stereocenters. The summed E-state index contributed by atoms with van der Waals surface area (Å²) in [5.41, 5.74) is 3.08. The first-order valence-corrected chi connectivity index (χ1v) is 13.0. The number of carbonyl (C=O) groups is 2. The Morgan fingerprint density at radius 3 is 2.49 bits per heavy atom. The average molecular weight is 493 g/mol. The van der Waals surface area contributed by atoms with Gasteiger partial charge in [0.05, 0.1) is 25.9 Å². The van der Waals surface area contributed by atoms with Crippen LogP contribution in [0.2, 0.25) is 0 Å². The monoisotopic (exact) mass is 492 g/mol. The van der Waals surface area contributed by atoms with E-state index in [1.165, 1.54) is 5.56 Å². The Bertz CT molecular complexity index is 709. The van der Waals surface area contributed by atoms with E-state index in [2.05, 4.69) is 24.4 Å². The second-order valence-electron chi connectivity index (χ2n) is 9.69. The molecule has 1 fully saturated rings. The van der Waals surface area contributed by atoms with Crippen molar-refractivity contribution in [2.24, 2.45) is 17.8 Å². The molecule has 0 spiro atoms. The van der Waals surface area contributed by atoms with E-state index in [9.17, 15) is 14.8 Å². The molecule has 0 bridgehead atoms. The normalized spacial score (nSPS) is 19.6. The number of amides is 2. The Hall–Kier alpha value is -2.00. The van der Waals surface area contributed by atoms with Crippen molar-refractivity contribution < 1.29 is 29.0 Å². The maximum atomic E-state index is 13.0. The fraction of sp³-hybridized carbons (Fsp3) is 0.704. The highest BCUT2D eigenvalue weighted by Gasteiger charge is 2.28. The third kappa shape index (κ3) is 12.0. The van der Waals surface area contributed by atoms with Crippen LogP contribution >= 0.6 is 0 Å². The van der Waals surface area contributed by atoms with Gasteiger partial charge in [0.2, 0.25) is 11.8 Å². The Morgan fingerprint density at radius 1 is 1.06 bits per heavy atom. The zero-order chi connectivity index (χ0) is 25.3. The predicted molar refractivity (Wildman–Crippen MR) is 134 cm³/mol. The Kier molecular flexibility index (Phi) is 14.6. The summed E-state index contributed by atoms with van der Waals surface area (Å²) in [5, 5.41) is 12.4. The van der Waals surface area contributed by atoms with Crippen molar-refractivity contribution >= 4 is 11.8 Å². The van der Waals surface area contributed by atoms with Crippen LogP contribution in [0.5, 0.6) is 0 Å². The summed E-state index contributed by atoms with van der Waals surface area (Å²) in [7, 11) is 1.61. The van der Waals surface area contributed by atoms with Gasteiger partial charge in [-0.1, -0.05) is 43.7 Å². The van der Waals surface area contributed by atoms with Crippen LogP contribution in [0.3, 0.4) is 0 Å². The second-order valence-corrected chi connectivity index (χ2v) is 9.69. The molecule has 1 aromatic carbocycles. The smallest absolute Gasteiger partial charge is 0.246 e. The number of nitrogens with one attached hydrogen (secondary N) is 2. The van der Waals surface area contributed by atoms with Gasteiger partial charge in [-0.3, -0.25) is 14.8 Å². The minimum absolute atomic E-state index is 0.00245. The van der Waals surface area contributed by atoms with Gasteiger partial charge in [-0.25, -0.2) is 5.48 Å². The van der Waals surface area contributed by atoms with Gasteiger partial charge in [0.1, 0.15) is 6.79 Å². The van der Waals surface area contributed by atoms with Gasteiger partial charge in [-0.15, -0.1) is 0 Å². The highest BCUT2D eigenvalue weighted by atomic mass is 16.7. The molecule has 2 rings (SSSR count). The van der Waals surface area contributed by atoms with Crippen molar-refractivity contribution in [3.05, 3.63) is 35.9 Å². The topological polar surface area (TPSA) is 106 Å². The number of methoxy groups -OCH3 is 1. The lowest BCUT2D eigenvalue weighted by Gasteiger charge is -2.29. The minimum Gasteiger partial charge on any atom is -0.382 e. The lowest BCUT2D eigenvalue weighted by atomic mass is 9.82. The molecule has 1 aliphatic rings. The lowest BCUT2D eigenvalue weighted by molar-refractivity contribution is -0.135. The first-order valence-electron chi connectivity index (χ1n) is 13.0. The predicted octanol–water partition coefficient (Wildman–Crippen LogP) is 3.86. The van der Waals surface area contributed by atoms with Gasteiger partial charge < -0.3 is 19.5 Å². The van der Waals surface area contributed by atoms with Gasteiger partial charge in [0.25, 0.3) is 0 Å². The van der Waals surface area contributed by atoms with E-state index in [1.807, 2.05) is 23.7 Å². The Labute approximate surface area is 210 Å². The largest absolute Gasteiger partial charge is 0.382 e. The zero-order valence-electron chi connectivity index (χ0n) is 21.4. The average Bonchev–Trinajstić information content (AvgIpc) is 2.88. The number of hydroxylamine groups is 1. The summed E-state index contributed by atoms with van der Waals surface area (Å²) < 4.78 is 16.0. The fourth-order valence-electron chi connectivity index (χ4n) is 4.62. The van der Waals surface area contributed by atoms with Crippen molar-refractivity contribution in [2.75, 3.05) is 33.7 Å². The maximum absolute atomic E-state index is 13.0. The van der Waals surface area contributed by atoms with E-state index in [0.717, 1.165) is 44.9 Å². The van der Waals surface area contributed by atoms with Crippen LogP contribution in [0.25, 0.3) is 0 Å². The van der Waals surface area contributed by atoms with Crippen LogP contribution in [0.1, 0.15) is 63.9 Å².